The van der Waals surface area contributed by atoms with E-state index < -0.39 is 0 Å². The Labute approximate surface area is 134 Å². The standard InChI is InChI=1S/C17H18N4O2/c1-22-14-9-7-13(8-10-14)21-17(16(11-18)19-20-21)12-23-15-5-3-2-4-6-15/h2-10H,11-12,18H2,1H3. The Balaban J connectivity index is 1.87. The van der Waals surface area contributed by atoms with Crippen LogP contribution in [0.3, 0.4) is 0 Å². The minimum Gasteiger partial charge on any atom is -0.497 e. The van der Waals surface area contributed by atoms with Crippen LogP contribution in [0, 0.1) is 0 Å². The highest BCUT2D eigenvalue weighted by atomic mass is 16.5. The lowest BCUT2D eigenvalue weighted by molar-refractivity contribution is 0.296. The summed E-state index contributed by atoms with van der Waals surface area (Å²) in [6.07, 6.45) is 0. The summed E-state index contributed by atoms with van der Waals surface area (Å²) in [5.41, 5.74) is 8.20. The number of methoxy groups -OCH3 is 1. The van der Waals surface area contributed by atoms with Crippen LogP contribution in [0.4, 0.5) is 0 Å². The number of aromatic nitrogens is 3. The number of para-hydroxylation sites is 1. The fourth-order valence-corrected chi connectivity index (χ4v) is 2.24. The molecule has 0 unspecified atom stereocenters. The summed E-state index contributed by atoms with van der Waals surface area (Å²) in [4.78, 5) is 0. The van der Waals surface area contributed by atoms with E-state index in [1.165, 1.54) is 0 Å². The molecule has 23 heavy (non-hydrogen) atoms. The molecule has 0 atom stereocenters. The van der Waals surface area contributed by atoms with Crippen molar-refractivity contribution in [2.45, 2.75) is 13.2 Å². The predicted octanol–water partition coefficient (Wildman–Crippen LogP) is 2.31. The first-order valence-electron chi connectivity index (χ1n) is 7.27. The van der Waals surface area contributed by atoms with Gasteiger partial charge in [0, 0.05) is 6.54 Å². The van der Waals surface area contributed by atoms with Crippen molar-refractivity contribution in [3.8, 4) is 17.2 Å². The Hall–Kier alpha value is -2.86. The van der Waals surface area contributed by atoms with Crippen molar-refractivity contribution in [3.05, 3.63) is 66.0 Å². The lowest BCUT2D eigenvalue weighted by Crippen LogP contribution is -2.09. The second kappa shape index (κ2) is 6.93. The van der Waals surface area contributed by atoms with Gasteiger partial charge in [0.05, 0.1) is 12.8 Å². The fourth-order valence-electron chi connectivity index (χ4n) is 2.24. The molecule has 0 radical (unpaired) electrons. The molecule has 2 aromatic carbocycles. The molecule has 3 aromatic rings. The number of nitrogens with two attached hydrogens (primary N) is 1. The molecule has 0 amide bonds. The quantitative estimate of drug-likeness (QED) is 0.756. The fraction of sp³-hybridized carbons (Fsp3) is 0.176. The zero-order valence-electron chi connectivity index (χ0n) is 12.8. The lowest BCUT2D eigenvalue weighted by atomic mass is 10.2. The Morgan fingerprint density at radius 1 is 1.00 bits per heavy atom. The van der Waals surface area contributed by atoms with Crippen LogP contribution in [-0.2, 0) is 13.2 Å². The molecule has 0 fully saturated rings. The first-order chi connectivity index (χ1) is 11.3. The van der Waals surface area contributed by atoms with Crippen molar-refractivity contribution < 1.29 is 9.47 Å². The van der Waals surface area contributed by atoms with E-state index in [1.54, 1.807) is 11.8 Å². The summed E-state index contributed by atoms with van der Waals surface area (Å²) in [5, 5.41) is 8.33. The van der Waals surface area contributed by atoms with E-state index in [0.717, 1.165) is 28.6 Å². The summed E-state index contributed by atoms with van der Waals surface area (Å²) < 4.78 is 12.7. The second-order valence-corrected chi connectivity index (χ2v) is 4.90. The van der Waals surface area contributed by atoms with Crippen molar-refractivity contribution in [1.82, 2.24) is 15.0 Å². The van der Waals surface area contributed by atoms with Crippen molar-refractivity contribution in [2.75, 3.05) is 7.11 Å². The minimum absolute atomic E-state index is 0.309. The number of nitrogens with zero attached hydrogens (tertiary/aromatic N) is 3. The molecule has 1 heterocycles. The van der Waals surface area contributed by atoms with E-state index in [4.69, 9.17) is 15.2 Å². The molecule has 6 nitrogen and oxygen atoms in total. The van der Waals surface area contributed by atoms with E-state index in [0.29, 0.717) is 13.2 Å². The maximum Gasteiger partial charge on any atom is 0.132 e. The van der Waals surface area contributed by atoms with Gasteiger partial charge in [0.2, 0.25) is 0 Å². The highest BCUT2D eigenvalue weighted by Crippen LogP contribution is 2.19. The molecule has 0 aliphatic rings. The van der Waals surface area contributed by atoms with Gasteiger partial charge < -0.3 is 15.2 Å². The number of rotatable bonds is 6. The van der Waals surface area contributed by atoms with E-state index in [2.05, 4.69) is 10.3 Å². The summed E-state index contributed by atoms with van der Waals surface area (Å²) in [5.74, 6) is 1.58. The Kier molecular flexibility index (Phi) is 4.54. The average Bonchev–Trinajstić information content (AvgIpc) is 3.04. The second-order valence-electron chi connectivity index (χ2n) is 4.90. The van der Waals surface area contributed by atoms with Crippen LogP contribution in [-0.4, -0.2) is 22.1 Å². The molecular formula is C17H18N4O2. The maximum atomic E-state index is 5.82. The molecule has 1 aromatic heterocycles. The van der Waals surface area contributed by atoms with Gasteiger partial charge in [-0.3, -0.25) is 0 Å². The third-order valence-electron chi connectivity index (χ3n) is 3.47. The number of hydrogen-bond acceptors (Lipinski definition) is 5. The molecule has 3 rings (SSSR count). The Morgan fingerprint density at radius 3 is 2.39 bits per heavy atom. The van der Waals surface area contributed by atoms with Crippen molar-refractivity contribution in [3.63, 3.8) is 0 Å². The third kappa shape index (κ3) is 3.32. The summed E-state index contributed by atoms with van der Waals surface area (Å²) >= 11 is 0. The number of ether oxygens (including phenoxy) is 2. The van der Waals surface area contributed by atoms with E-state index in [1.807, 2.05) is 54.6 Å². The van der Waals surface area contributed by atoms with Crippen molar-refractivity contribution in [1.29, 1.82) is 0 Å². The molecule has 0 saturated carbocycles. The van der Waals surface area contributed by atoms with Crippen molar-refractivity contribution in [2.24, 2.45) is 5.73 Å². The van der Waals surface area contributed by atoms with Crippen LogP contribution in [0.5, 0.6) is 11.5 Å². The van der Waals surface area contributed by atoms with Gasteiger partial charge in [-0.15, -0.1) is 5.10 Å². The van der Waals surface area contributed by atoms with Gasteiger partial charge in [-0.25, -0.2) is 4.68 Å². The summed E-state index contributed by atoms with van der Waals surface area (Å²) in [6.45, 7) is 0.652. The zero-order valence-corrected chi connectivity index (χ0v) is 12.8. The zero-order chi connectivity index (χ0) is 16.1. The predicted molar refractivity (Wildman–Crippen MR) is 86.6 cm³/mol. The Morgan fingerprint density at radius 2 is 1.74 bits per heavy atom. The van der Waals surface area contributed by atoms with Crippen LogP contribution in [0.25, 0.3) is 5.69 Å². The lowest BCUT2D eigenvalue weighted by Gasteiger charge is -2.10. The van der Waals surface area contributed by atoms with E-state index in [9.17, 15) is 0 Å². The van der Waals surface area contributed by atoms with Gasteiger partial charge in [-0.05, 0) is 36.4 Å². The molecule has 0 spiro atoms. The van der Waals surface area contributed by atoms with Gasteiger partial charge in [0.1, 0.15) is 29.5 Å². The summed E-state index contributed by atoms with van der Waals surface area (Å²) in [6, 6.07) is 17.2. The minimum atomic E-state index is 0.309. The normalized spacial score (nSPS) is 10.5. The highest BCUT2D eigenvalue weighted by Gasteiger charge is 2.14. The number of hydrogen-bond donors (Lipinski definition) is 1. The van der Waals surface area contributed by atoms with Gasteiger partial charge in [0.15, 0.2) is 0 Å². The van der Waals surface area contributed by atoms with Gasteiger partial charge in [-0.1, -0.05) is 23.4 Å². The highest BCUT2D eigenvalue weighted by molar-refractivity contribution is 5.38. The first-order valence-corrected chi connectivity index (χ1v) is 7.27. The van der Waals surface area contributed by atoms with Gasteiger partial charge >= 0.3 is 0 Å². The molecular weight excluding hydrogens is 292 g/mol. The topological polar surface area (TPSA) is 75.2 Å². The monoisotopic (exact) mass is 310 g/mol. The molecule has 0 bridgehead atoms. The number of benzene rings is 2. The molecule has 6 heteroatoms. The van der Waals surface area contributed by atoms with Gasteiger partial charge in [0.25, 0.3) is 0 Å². The average molecular weight is 310 g/mol. The molecule has 0 aliphatic heterocycles. The maximum absolute atomic E-state index is 5.82. The van der Waals surface area contributed by atoms with E-state index >= 15 is 0 Å². The molecule has 118 valence electrons. The van der Waals surface area contributed by atoms with E-state index in [-0.39, 0.29) is 0 Å². The largest absolute Gasteiger partial charge is 0.497 e. The smallest absolute Gasteiger partial charge is 0.132 e. The first kappa shape index (κ1) is 15.1. The van der Waals surface area contributed by atoms with Crippen LogP contribution in [0.2, 0.25) is 0 Å². The third-order valence-corrected chi connectivity index (χ3v) is 3.47. The summed E-state index contributed by atoms with van der Waals surface area (Å²) in [7, 11) is 1.64. The van der Waals surface area contributed by atoms with Crippen LogP contribution in [0.1, 0.15) is 11.4 Å². The van der Waals surface area contributed by atoms with Crippen LogP contribution >= 0.6 is 0 Å². The van der Waals surface area contributed by atoms with Crippen LogP contribution in [0.15, 0.2) is 54.6 Å². The molecule has 0 aliphatic carbocycles. The SMILES string of the molecule is COc1ccc(-n2nnc(CN)c2COc2ccccc2)cc1. The van der Waals surface area contributed by atoms with Gasteiger partial charge in [-0.2, -0.15) is 0 Å². The van der Waals surface area contributed by atoms with Crippen molar-refractivity contribution >= 4 is 0 Å². The molecule has 0 saturated heterocycles. The molecule has 2 N–H and O–H groups in total. The Bertz CT molecular complexity index is 754. The van der Waals surface area contributed by atoms with Crippen LogP contribution < -0.4 is 15.2 Å².